The van der Waals surface area contributed by atoms with Crippen molar-refractivity contribution >= 4 is 33.7 Å². The Hall–Kier alpha value is -1.93. The molecule has 0 unspecified atom stereocenters. The maximum Gasteiger partial charge on any atom is 0.149 e. The number of aryl methyl sites for hydroxylation is 2. The van der Waals surface area contributed by atoms with Crippen molar-refractivity contribution in [2.45, 2.75) is 13.5 Å². The van der Waals surface area contributed by atoms with Crippen LogP contribution in [0, 0.1) is 6.92 Å². The van der Waals surface area contributed by atoms with Crippen molar-refractivity contribution < 1.29 is 0 Å². The Morgan fingerprint density at radius 2 is 2.24 bits per heavy atom. The third-order valence-electron chi connectivity index (χ3n) is 3.18. The number of nitrogens with two attached hydrogens (primary N) is 1. The number of aromatic nitrogens is 4. The van der Waals surface area contributed by atoms with Crippen molar-refractivity contribution in [2.24, 2.45) is 7.05 Å². The highest BCUT2D eigenvalue weighted by molar-refractivity contribution is 7.15. The molecule has 0 aliphatic rings. The Balaban J connectivity index is 1.94. The lowest BCUT2D eigenvalue weighted by Gasteiger charge is -2.17. The van der Waals surface area contributed by atoms with E-state index in [1.165, 1.54) is 11.5 Å². The molecule has 6 nitrogen and oxygen atoms in total. The standard InChI is InChI=1S/C13H16N6S2/c1-8-7-20-12(16-8)10-11(14)17-21-13(10)19(3)6-9-15-4-5-18(9)2/h4-5,7H,6H2,1-3H3,(H2,14,17). The summed E-state index contributed by atoms with van der Waals surface area (Å²) < 4.78 is 6.30. The van der Waals surface area contributed by atoms with Crippen molar-refractivity contribution in [1.82, 2.24) is 18.9 Å². The van der Waals surface area contributed by atoms with E-state index in [-0.39, 0.29) is 0 Å². The van der Waals surface area contributed by atoms with Crippen molar-refractivity contribution in [3.05, 3.63) is 29.3 Å². The molecular weight excluding hydrogens is 304 g/mol. The molecule has 0 fully saturated rings. The van der Waals surface area contributed by atoms with Gasteiger partial charge in [0.1, 0.15) is 21.7 Å². The highest BCUT2D eigenvalue weighted by Crippen LogP contribution is 2.40. The molecule has 110 valence electrons. The zero-order valence-electron chi connectivity index (χ0n) is 12.1. The summed E-state index contributed by atoms with van der Waals surface area (Å²) in [6.07, 6.45) is 3.74. The van der Waals surface area contributed by atoms with Gasteiger partial charge in [-0.25, -0.2) is 9.97 Å². The van der Waals surface area contributed by atoms with Gasteiger partial charge in [0.15, 0.2) is 0 Å². The molecule has 21 heavy (non-hydrogen) atoms. The molecule has 2 N–H and O–H groups in total. The van der Waals surface area contributed by atoms with Crippen LogP contribution in [0.2, 0.25) is 0 Å². The molecule has 0 aliphatic heterocycles. The van der Waals surface area contributed by atoms with Gasteiger partial charge in [-0.05, 0) is 18.5 Å². The van der Waals surface area contributed by atoms with Crippen molar-refractivity contribution in [3.63, 3.8) is 0 Å². The number of nitrogen functional groups attached to an aromatic ring is 1. The van der Waals surface area contributed by atoms with E-state index in [2.05, 4.69) is 19.2 Å². The molecule has 3 aromatic heterocycles. The molecule has 3 aromatic rings. The monoisotopic (exact) mass is 320 g/mol. The molecule has 0 spiro atoms. The number of hydrogen-bond acceptors (Lipinski definition) is 7. The quantitative estimate of drug-likeness (QED) is 0.799. The highest BCUT2D eigenvalue weighted by atomic mass is 32.1. The molecule has 0 radical (unpaired) electrons. The topological polar surface area (TPSA) is 72.9 Å². The van der Waals surface area contributed by atoms with Gasteiger partial charge >= 0.3 is 0 Å². The molecule has 0 saturated heterocycles. The van der Waals surface area contributed by atoms with Crippen LogP contribution >= 0.6 is 22.9 Å². The van der Waals surface area contributed by atoms with E-state index >= 15 is 0 Å². The zero-order valence-corrected chi connectivity index (χ0v) is 13.7. The lowest BCUT2D eigenvalue weighted by atomic mass is 10.3. The Bertz CT molecular complexity index is 756. The third-order valence-corrected chi connectivity index (χ3v) is 5.13. The molecule has 0 aliphatic carbocycles. The maximum atomic E-state index is 6.04. The second-order valence-corrected chi connectivity index (χ2v) is 6.46. The first-order valence-corrected chi connectivity index (χ1v) is 8.06. The van der Waals surface area contributed by atoms with Crippen LogP contribution < -0.4 is 10.6 Å². The van der Waals surface area contributed by atoms with E-state index in [0.717, 1.165) is 27.1 Å². The van der Waals surface area contributed by atoms with Gasteiger partial charge in [0, 0.05) is 37.6 Å². The van der Waals surface area contributed by atoms with E-state index in [9.17, 15) is 0 Å². The van der Waals surface area contributed by atoms with E-state index < -0.39 is 0 Å². The summed E-state index contributed by atoms with van der Waals surface area (Å²) in [6.45, 7) is 2.68. The fraction of sp³-hybridized carbons (Fsp3) is 0.308. The number of thiazole rings is 1. The summed E-state index contributed by atoms with van der Waals surface area (Å²) in [5, 5.41) is 3.96. The van der Waals surface area contributed by atoms with Crippen LogP contribution in [-0.4, -0.2) is 26.0 Å². The van der Waals surface area contributed by atoms with E-state index in [4.69, 9.17) is 5.73 Å². The van der Waals surface area contributed by atoms with Gasteiger partial charge < -0.3 is 15.2 Å². The largest absolute Gasteiger partial charge is 0.382 e. The highest BCUT2D eigenvalue weighted by Gasteiger charge is 2.20. The fourth-order valence-corrected chi connectivity index (χ4v) is 3.74. The summed E-state index contributed by atoms with van der Waals surface area (Å²) in [7, 11) is 4.01. The molecule has 0 aromatic carbocycles. The molecule has 0 atom stereocenters. The molecule has 3 rings (SSSR count). The van der Waals surface area contributed by atoms with Crippen LogP contribution in [0.25, 0.3) is 10.6 Å². The lowest BCUT2D eigenvalue weighted by molar-refractivity contribution is 0.765. The smallest absolute Gasteiger partial charge is 0.149 e. The molecular formula is C13H16N6S2. The average Bonchev–Trinajstić information content (AvgIpc) is 3.12. The summed E-state index contributed by atoms with van der Waals surface area (Å²) >= 11 is 2.99. The SMILES string of the molecule is Cc1csc(-c2c(N)nsc2N(C)Cc2nccn2C)n1. The average molecular weight is 320 g/mol. The summed E-state index contributed by atoms with van der Waals surface area (Å²) in [6, 6.07) is 0. The third kappa shape index (κ3) is 2.64. The number of imidazole rings is 1. The summed E-state index contributed by atoms with van der Waals surface area (Å²) in [5.74, 6) is 1.53. The Kier molecular flexibility index (Phi) is 3.64. The first-order chi connectivity index (χ1) is 10.1. The number of nitrogens with zero attached hydrogens (tertiary/aromatic N) is 5. The normalized spacial score (nSPS) is 11.0. The molecule has 8 heteroatoms. The van der Waals surface area contributed by atoms with Crippen LogP contribution in [0.1, 0.15) is 11.5 Å². The summed E-state index contributed by atoms with van der Waals surface area (Å²) in [5.41, 5.74) is 7.97. The van der Waals surface area contributed by atoms with Crippen LogP contribution in [0.3, 0.4) is 0 Å². The van der Waals surface area contributed by atoms with E-state index in [0.29, 0.717) is 12.4 Å². The summed E-state index contributed by atoms with van der Waals surface area (Å²) in [4.78, 5) is 11.0. The predicted octanol–water partition coefficient (Wildman–Crippen LogP) is 2.53. The minimum absolute atomic E-state index is 0.538. The first-order valence-electron chi connectivity index (χ1n) is 6.41. The lowest BCUT2D eigenvalue weighted by Crippen LogP contribution is -2.18. The van der Waals surface area contributed by atoms with Gasteiger partial charge in [0.2, 0.25) is 0 Å². The van der Waals surface area contributed by atoms with Gasteiger partial charge in [0.05, 0.1) is 12.1 Å². The minimum Gasteiger partial charge on any atom is -0.382 e. The predicted molar refractivity (Wildman–Crippen MR) is 87.7 cm³/mol. The molecule has 0 saturated carbocycles. The van der Waals surface area contributed by atoms with E-state index in [1.807, 2.05) is 37.2 Å². The van der Waals surface area contributed by atoms with Crippen LogP contribution in [0.15, 0.2) is 17.8 Å². The van der Waals surface area contributed by atoms with Gasteiger partial charge in [-0.3, -0.25) is 0 Å². The second kappa shape index (κ2) is 5.45. The molecule has 0 bridgehead atoms. The molecule has 3 heterocycles. The van der Waals surface area contributed by atoms with Gasteiger partial charge in [0.25, 0.3) is 0 Å². The number of anilines is 2. The number of hydrogen-bond donors (Lipinski definition) is 1. The van der Waals surface area contributed by atoms with Gasteiger partial charge in [-0.2, -0.15) is 4.37 Å². The van der Waals surface area contributed by atoms with Gasteiger partial charge in [-0.1, -0.05) is 0 Å². The fourth-order valence-electron chi connectivity index (χ4n) is 2.06. The van der Waals surface area contributed by atoms with Gasteiger partial charge in [-0.15, -0.1) is 11.3 Å². The maximum absolute atomic E-state index is 6.04. The Morgan fingerprint density at radius 1 is 1.43 bits per heavy atom. The Labute approximate surface area is 131 Å². The first kappa shape index (κ1) is 14.0. The molecule has 0 amide bonds. The minimum atomic E-state index is 0.538. The van der Waals surface area contributed by atoms with Crippen LogP contribution in [0.4, 0.5) is 10.8 Å². The van der Waals surface area contributed by atoms with Crippen molar-refractivity contribution in [1.29, 1.82) is 0 Å². The van der Waals surface area contributed by atoms with E-state index in [1.54, 1.807) is 17.5 Å². The zero-order chi connectivity index (χ0) is 15.0. The van der Waals surface area contributed by atoms with Crippen molar-refractivity contribution in [2.75, 3.05) is 17.7 Å². The Morgan fingerprint density at radius 3 is 2.86 bits per heavy atom. The number of rotatable bonds is 4. The van der Waals surface area contributed by atoms with Crippen LogP contribution in [-0.2, 0) is 13.6 Å². The second-order valence-electron chi connectivity index (χ2n) is 4.85. The van der Waals surface area contributed by atoms with Crippen LogP contribution in [0.5, 0.6) is 0 Å². The van der Waals surface area contributed by atoms with Crippen molar-refractivity contribution in [3.8, 4) is 10.6 Å².